The number of ether oxygens (including phenoxy) is 1. The van der Waals surface area contributed by atoms with Crippen molar-refractivity contribution in [2.45, 2.75) is 38.3 Å². The van der Waals surface area contributed by atoms with Crippen molar-refractivity contribution in [2.24, 2.45) is 0 Å². The molecule has 2 aliphatic rings. The number of rotatable bonds is 7. The Kier molecular flexibility index (Phi) is 6.41. The molecule has 3 heterocycles. The maximum absolute atomic E-state index is 12.7. The fraction of sp³-hybridized carbons (Fsp3) is 0.385. The largest absolute Gasteiger partial charge is 0.489 e. The standard InChI is InChI=1S/C26H30N4O3/c31-23-8-11-28(12-9-23)14-15-30-25-7-6-22(16-21(25)18-27-30)29-13-10-24(17-26(29)32)33-19-20-4-2-1-3-5-20/h2,4-7,10,13,16-18,23,31H,1,3,8-9,11-12,14-15,19H2. The number of aliphatic hydroxyl groups is 1. The van der Waals surface area contributed by atoms with Gasteiger partial charge in [-0.2, -0.15) is 5.10 Å². The molecule has 33 heavy (non-hydrogen) atoms. The van der Waals surface area contributed by atoms with E-state index < -0.39 is 0 Å². The molecule has 2 aromatic heterocycles. The summed E-state index contributed by atoms with van der Waals surface area (Å²) in [5.41, 5.74) is 2.88. The molecule has 0 atom stereocenters. The van der Waals surface area contributed by atoms with Gasteiger partial charge in [-0.05, 0) is 55.5 Å². The molecule has 7 nitrogen and oxygen atoms in total. The number of benzene rings is 1. The summed E-state index contributed by atoms with van der Waals surface area (Å²) < 4.78 is 9.45. The van der Waals surface area contributed by atoms with E-state index in [9.17, 15) is 9.90 Å². The van der Waals surface area contributed by atoms with Crippen molar-refractivity contribution in [2.75, 3.05) is 26.2 Å². The molecule has 0 radical (unpaired) electrons. The third kappa shape index (κ3) is 5.10. The van der Waals surface area contributed by atoms with E-state index in [0.717, 1.165) is 74.0 Å². The number of fused-ring (bicyclic) bond motifs is 1. The molecular formula is C26H30N4O3. The van der Waals surface area contributed by atoms with Crippen LogP contribution in [0.25, 0.3) is 16.6 Å². The first-order valence-corrected chi connectivity index (χ1v) is 11.7. The smallest absolute Gasteiger partial charge is 0.258 e. The lowest BCUT2D eigenvalue weighted by atomic mass is 10.1. The Hall–Kier alpha value is -3.16. The first kappa shape index (κ1) is 21.7. The summed E-state index contributed by atoms with van der Waals surface area (Å²) in [5, 5.41) is 15.2. The van der Waals surface area contributed by atoms with Gasteiger partial charge in [0.2, 0.25) is 0 Å². The minimum absolute atomic E-state index is 0.125. The number of nitrogens with zero attached hydrogens (tertiary/aromatic N) is 4. The third-order valence-electron chi connectivity index (χ3n) is 6.46. The molecule has 0 spiro atoms. The normalized spacial score (nSPS) is 17.4. The van der Waals surface area contributed by atoms with Gasteiger partial charge in [0.15, 0.2) is 0 Å². The molecule has 172 valence electrons. The van der Waals surface area contributed by atoms with Crippen molar-refractivity contribution in [3.8, 4) is 11.4 Å². The Labute approximate surface area is 193 Å². The topological polar surface area (TPSA) is 72.5 Å². The van der Waals surface area contributed by atoms with Gasteiger partial charge in [0.05, 0.1) is 24.4 Å². The monoisotopic (exact) mass is 446 g/mol. The Balaban J connectivity index is 1.26. The van der Waals surface area contributed by atoms with Gasteiger partial charge in [0, 0.05) is 43.0 Å². The van der Waals surface area contributed by atoms with E-state index in [1.807, 2.05) is 35.1 Å². The maximum Gasteiger partial charge on any atom is 0.258 e. The Morgan fingerprint density at radius 3 is 2.76 bits per heavy atom. The van der Waals surface area contributed by atoms with Crippen LogP contribution in [0.15, 0.2) is 71.3 Å². The molecule has 1 fully saturated rings. The van der Waals surface area contributed by atoms with E-state index in [0.29, 0.717) is 12.4 Å². The highest BCUT2D eigenvalue weighted by Crippen LogP contribution is 2.20. The van der Waals surface area contributed by atoms with Crippen molar-refractivity contribution >= 4 is 10.9 Å². The molecule has 0 unspecified atom stereocenters. The average Bonchev–Trinajstić information content (AvgIpc) is 3.25. The van der Waals surface area contributed by atoms with Crippen LogP contribution in [0, 0.1) is 0 Å². The van der Waals surface area contributed by atoms with Gasteiger partial charge < -0.3 is 14.7 Å². The molecule has 1 aliphatic heterocycles. The highest BCUT2D eigenvalue weighted by atomic mass is 16.5. The summed E-state index contributed by atoms with van der Waals surface area (Å²) in [5.74, 6) is 0.579. The lowest BCUT2D eigenvalue weighted by Crippen LogP contribution is -2.37. The van der Waals surface area contributed by atoms with Crippen molar-refractivity contribution in [1.29, 1.82) is 0 Å². The molecule has 0 amide bonds. The zero-order chi connectivity index (χ0) is 22.6. The van der Waals surface area contributed by atoms with Crippen LogP contribution in [-0.4, -0.2) is 56.7 Å². The highest BCUT2D eigenvalue weighted by Gasteiger charge is 2.17. The van der Waals surface area contributed by atoms with Gasteiger partial charge in [-0.1, -0.05) is 18.2 Å². The lowest BCUT2D eigenvalue weighted by molar-refractivity contribution is 0.0807. The number of likely N-dealkylation sites (tertiary alicyclic amines) is 1. The third-order valence-corrected chi connectivity index (χ3v) is 6.46. The molecule has 1 saturated heterocycles. The Bertz CT molecular complexity index is 1230. The van der Waals surface area contributed by atoms with Gasteiger partial charge in [-0.3, -0.25) is 14.0 Å². The Morgan fingerprint density at radius 2 is 1.97 bits per heavy atom. The zero-order valence-corrected chi connectivity index (χ0v) is 18.8. The first-order valence-electron chi connectivity index (χ1n) is 11.7. The molecule has 3 aromatic rings. The van der Waals surface area contributed by atoms with Crippen LogP contribution in [0.1, 0.15) is 25.7 Å². The molecule has 0 bridgehead atoms. The van der Waals surface area contributed by atoms with E-state index in [1.165, 1.54) is 6.07 Å². The van der Waals surface area contributed by atoms with Crippen LogP contribution in [0.3, 0.4) is 0 Å². The summed E-state index contributed by atoms with van der Waals surface area (Å²) in [4.78, 5) is 15.1. The van der Waals surface area contributed by atoms with Gasteiger partial charge in [-0.15, -0.1) is 0 Å². The fourth-order valence-electron chi connectivity index (χ4n) is 4.49. The van der Waals surface area contributed by atoms with E-state index in [1.54, 1.807) is 10.8 Å². The molecule has 1 aliphatic carbocycles. The molecule has 1 aromatic carbocycles. The molecular weight excluding hydrogens is 416 g/mol. The number of hydrogen-bond donors (Lipinski definition) is 1. The summed E-state index contributed by atoms with van der Waals surface area (Å²) in [6.07, 6.45) is 13.7. The lowest BCUT2D eigenvalue weighted by Gasteiger charge is -2.29. The number of allylic oxidation sites excluding steroid dienone is 2. The number of aliphatic hydroxyl groups excluding tert-OH is 1. The second kappa shape index (κ2) is 9.77. The number of hydrogen-bond acceptors (Lipinski definition) is 5. The van der Waals surface area contributed by atoms with Crippen molar-refractivity contribution in [1.82, 2.24) is 19.2 Å². The minimum Gasteiger partial charge on any atom is -0.489 e. The molecule has 1 N–H and O–H groups in total. The van der Waals surface area contributed by atoms with E-state index >= 15 is 0 Å². The van der Waals surface area contributed by atoms with E-state index in [4.69, 9.17) is 4.74 Å². The van der Waals surface area contributed by atoms with Crippen molar-refractivity contribution in [3.05, 3.63) is 76.9 Å². The van der Waals surface area contributed by atoms with Crippen molar-refractivity contribution in [3.63, 3.8) is 0 Å². The number of pyridine rings is 1. The highest BCUT2D eigenvalue weighted by molar-refractivity contribution is 5.80. The van der Waals surface area contributed by atoms with Gasteiger partial charge in [0.25, 0.3) is 5.56 Å². The van der Waals surface area contributed by atoms with E-state index in [-0.39, 0.29) is 11.7 Å². The summed E-state index contributed by atoms with van der Waals surface area (Å²) in [6, 6.07) is 9.34. The average molecular weight is 447 g/mol. The van der Waals surface area contributed by atoms with Crippen LogP contribution in [0.2, 0.25) is 0 Å². The summed E-state index contributed by atoms with van der Waals surface area (Å²) >= 11 is 0. The van der Waals surface area contributed by atoms with Gasteiger partial charge >= 0.3 is 0 Å². The predicted molar refractivity (Wildman–Crippen MR) is 129 cm³/mol. The number of aromatic nitrogens is 3. The minimum atomic E-state index is -0.152. The fourth-order valence-corrected chi connectivity index (χ4v) is 4.49. The second-order valence-electron chi connectivity index (χ2n) is 8.80. The SMILES string of the molecule is O=c1cc(OCC2=CCCC=C2)ccn1-c1ccc2c(cnn2CCN2CCC(O)CC2)c1. The van der Waals surface area contributed by atoms with Crippen LogP contribution in [-0.2, 0) is 6.54 Å². The van der Waals surface area contributed by atoms with Crippen molar-refractivity contribution < 1.29 is 9.84 Å². The maximum atomic E-state index is 12.7. The summed E-state index contributed by atoms with van der Waals surface area (Å²) in [6.45, 7) is 4.06. The van der Waals surface area contributed by atoms with Gasteiger partial charge in [0.1, 0.15) is 12.4 Å². The van der Waals surface area contributed by atoms with Crippen LogP contribution in [0.4, 0.5) is 0 Å². The van der Waals surface area contributed by atoms with E-state index in [2.05, 4.69) is 28.2 Å². The number of piperidine rings is 1. The predicted octanol–water partition coefficient (Wildman–Crippen LogP) is 3.30. The summed E-state index contributed by atoms with van der Waals surface area (Å²) in [7, 11) is 0. The van der Waals surface area contributed by atoms with Gasteiger partial charge in [-0.25, -0.2) is 0 Å². The second-order valence-corrected chi connectivity index (χ2v) is 8.80. The molecule has 0 saturated carbocycles. The zero-order valence-electron chi connectivity index (χ0n) is 18.8. The molecule has 5 rings (SSSR count). The Morgan fingerprint density at radius 1 is 1.09 bits per heavy atom. The quantitative estimate of drug-likeness (QED) is 0.603. The molecule has 7 heteroatoms. The van der Waals surface area contributed by atoms with Crippen LogP contribution < -0.4 is 10.3 Å². The van der Waals surface area contributed by atoms with Crippen LogP contribution in [0.5, 0.6) is 5.75 Å². The van der Waals surface area contributed by atoms with Crippen LogP contribution >= 0.6 is 0 Å². The first-order chi connectivity index (χ1) is 16.2.